The van der Waals surface area contributed by atoms with E-state index in [4.69, 9.17) is 17.3 Å². The Labute approximate surface area is 125 Å². The third-order valence-corrected chi connectivity index (χ3v) is 3.10. The Morgan fingerprint density at radius 3 is 2.58 bits per heavy atom. The van der Waals surface area contributed by atoms with Crippen molar-refractivity contribution in [1.29, 1.82) is 0 Å². The smallest absolute Gasteiger partial charge is 0.221 e. The largest absolute Gasteiger partial charge is 0.354 e. The Bertz CT molecular complexity index is 399. The molecule has 1 unspecified atom stereocenters. The van der Waals surface area contributed by atoms with E-state index in [1.165, 1.54) is 0 Å². The SMILES string of the molecule is CN(C)C(CNC(=O)CCN)c1ccccc1Cl.Cl. The molecule has 108 valence electrons. The monoisotopic (exact) mass is 305 g/mol. The summed E-state index contributed by atoms with van der Waals surface area (Å²) in [6.07, 6.45) is 0.350. The lowest BCUT2D eigenvalue weighted by molar-refractivity contribution is -0.121. The van der Waals surface area contributed by atoms with Crippen molar-refractivity contribution in [2.45, 2.75) is 12.5 Å². The number of carbonyl (C=O) groups excluding carboxylic acids is 1. The number of rotatable bonds is 6. The van der Waals surface area contributed by atoms with Crippen LogP contribution in [0.5, 0.6) is 0 Å². The molecule has 6 heteroatoms. The van der Waals surface area contributed by atoms with Crippen molar-refractivity contribution in [3.63, 3.8) is 0 Å². The summed E-state index contributed by atoms with van der Waals surface area (Å²) in [5, 5.41) is 3.58. The third kappa shape index (κ3) is 5.78. The normalized spacial score (nSPS) is 11.8. The summed E-state index contributed by atoms with van der Waals surface area (Å²) in [4.78, 5) is 13.5. The van der Waals surface area contributed by atoms with Crippen LogP contribution in [0.4, 0.5) is 0 Å². The molecule has 1 rings (SSSR count). The molecule has 0 saturated carbocycles. The molecule has 4 nitrogen and oxygen atoms in total. The molecule has 3 N–H and O–H groups in total. The average Bonchev–Trinajstić information content (AvgIpc) is 2.31. The molecule has 0 bridgehead atoms. The standard InChI is InChI=1S/C13H20ClN3O.ClH/c1-17(2)12(9-16-13(18)7-8-15)10-5-3-4-6-11(10)14;/h3-6,12H,7-9,15H2,1-2H3,(H,16,18);1H. The first-order valence-corrected chi connectivity index (χ1v) is 6.31. The highest BCUT2D eigenvalue weighted by molar-refractivity contribution is 6.31. The van der Waals surface area contributed by atoms with Crippen molar-refractivity contribution in [3.8, 4) is 0 Å². The second-order valence-electron chi connectivity index (χ2n) is 4.34. The number of nitrogens with two attached hydrogens (primary N) is 1. The summed E-state index contributed by atoms with van der Waals surface area (Å²) in [6, 6.07) is 7.72. The molecule has 0 saturated heterocycles. The van der Waals surface area contributed by atoms with Gasteiger partial charge in [-0.2, -0.15) is 0 Å². The lowest BCUT2D eigenvalue weighted by atomic mass is 10.1. The van der Waals surface area contributed by atoms with E-state index in [1.54, 1.807) is 0 Å². The van der Waals surface area contributed by atoms with Gasteiger partial charge < -0.3 is 16.0 Å². The van der Waals surface area contributed by atoms with Gasteiger partial charge in [0.25, 0.3) is 0 Å². The van der Waals surface area contributed by atoms with Gasteiger partial charge in [-0.05, 0) is 25.7 Å². The van der Waals surface area contributed by atoms with Gasteiger partial charge in [-0.1, -0.05) is 29.8 Å². The number of carbonyl (C=O) groups is 1. The lowest BCUT2D eigenvalue weighted by Crippen LogP contribution is -2.35. The Balaban J connectivity index is 0.00000324. The zero-order valence-corrected chi connectivity index (χ0v) is 12.8. The highest BCUT2D eigenvalue weighted by atomic mass is 35.5. The van der Waals surface area contributed by atoms with Gasteiger partial charge in [0, 0.05) is 24.5 Å². The summed E-state index contributed by atoms with van der Waals surface area (Å²) in [7, 11) is 3.92. The molecule has 0 aromatic heterocycles. The number of likely N-dealkylation sites (N-methyl/N-ethyl adjacent to an activating group) is 1. The summed E-state index contributed by atoms with van der Waals surface area (Å²) in [5.74, 6) is -0.0311. The molecule has 0 spiro atoms. The zero-order valence-electron chi connectivity index (χ0n) is 11.2. The number of hydrogen-bond acceptors (Lipinski definition) is 3. The van der Waals surface area contributed by atoms with E-state index >= 15 is 0 Å². The molecule has 0 aliphatic heterocycles. The summed E-state index contributed by atoms with van der Waals surface area (Å²) >= 11 is 6.18. The fourth-order valence-corrected chi connectivity index (χ4v) is 2.01. The van der Waals surface area contributed by atoms with Crippen LogP contribution < -0.4 is 11.1 Å². The van der Waals surface area contributed by atoms with Crippen LogP contribution in [0.3, 0.4) is 0 Å². The molecule has 1 aromatic carbocycles. The van der Waals surface area contributed by atoms with E-state index in [0.717, 1.165) is 5.56 Å². The van der Waals surface area contributed by atoms with E-state index in [2.05, 4.69) is 5.32 Å². The number of nitrogens with zero attached hydrogens (tertiary/aromatic N) is 1. The minimum atomic E-state index is -0.0311. The van der Waals surface area contributed by atoms with Crippen LogP contribution in [0.15, 0.2) is 24.3 Å². The van der Waals surface area contributed by atoms with Crippen LogP contribution in [0, 0.1) is 0 Å². The van der Waals surface area contributed by atoms with Crippen LogP contribution in [0.25, 0.3) is 0 Å². The van der Waals surface area contributed by atoms with Gasteiger partial charge in [0.1, 0.15) is 0 Å². The topological polar surface area (TPSA) is 58.4 Å². The maximum absolute atomic E-state index is 11.4. The first kappa shape index (κ1) is 18.2. The average molecular weight is 306 g/mol. The second kappa shape index (κ2) is 9.15. The van der Waals surface area contributed by atoms with E-state index in [-0.39, 0.29) is 24.4 Å². The highest BCUT2D eigenvalue weighted by Crippen LogP contribution is 2.25. The quantitative estimate of drug-likeness (QED) is 0.843. The number of hydrogen-bond donors (Lipinski definition) is 2. The molecule has 1 aromatic rings. The van der Waals surface area contributed by atoms with Crippen molar-refractivity contribution in [2.75, 3.05) is 27.2 Å². The number of nitrogens with one attached hydrogen (secondary N) is 1. The molecular weight excluding hydrogens is 285 g/mol. The number of amides is 1. The van der Waals surface area contributed by atoms with Crippen LogP contribution >= 0.6 is 24.0 Å². The van der Waals surface area contributed by atoms with Crippen LogP contribution in [-0.4, -0.2) is 38.0 Å². The number of benzene rings is 1. The minimum absolute atomic E-state index is 0. The summed E-state index contributed by atoms with van der Waals surface area (Å²) < 4.78 is 0. The van der Waals surface area contributed by atoms with Gasteiger partial charge in [-0.25, -0.2) is 0 Å². The molecule has 1 amide bonds. The zero-order chi connectivity index (χ0) is 13.5. The van der Waals surface area contributed by atoms with Crippen molar-refractivity contribution in [3.05, 3.63) is 34.9 Å². The van der Waals surface area contributed by atoms with Crippen LogP contribution in [0.2, 0.25) is 5.02 Å². The van der Waals surface area contributed by atoms with Gasteiger partial charge in [0.2, 0.25) is 5.91 Å². The van der Waals surface area contributed by atoms with E-state index in [9.17, 15) is 4.79 Å². The Morgan fingerprint density at radius 2 is 2.05 bits per heavy atom. The van der Waals surface area contributed by atoms with Crippen molar-refractivity contribution in [1.82, 2.24) is 10.2 Å². The van der Waals surface area contributed by atoms with Crippen molar-refractivity contribution in [2.24, 2.45) is 5.73 Å². The first-order chi connectivity index (χ1) is 8.56. The van der Waals surface area contributed by atoms with Gasteiger partial charge in [0.05, 0.1) is 6.04 Å². The molecule has 0 radical (unpaired) electrons. The van der Waals surface area contributed by atoms with Gasteiger partial charge in [-0.3, -0.25) is 4.79 Å². The van der Waals surface area contributed by atoms with Crippen LogP contribution in [0.1, 0.15) is 18.0 Å². The van der Waals surface area contributed by atoms with E-state index in [0.29, 0.717) is 24.5 Å². The third-order valence-electron chi connectivity index (χ3n) is 2.75. The summed E-state index contributed by atoms with van der Waals surface area (Å²) in [5.41, 5.74) is 6.35. The predicted molar refractivity (Wildman–Crippen MR) is 81.8 cm³/mol. The Morgan fingerprint density at radius 1 is 1.42 bits per heavy atom. The number of halogens is 2. The van der Waals surface area contributed by atoms with Gasteiger partial charge in [-0.15, -0.1) is 12.4 Å². The highest BCUT2D eigenvalue weighted by Gasteiger charge is 2.17. The van der Waals surface area contributed by atoms with E-state index in [1.807, 2.05) is 43.3 Å². The fourth-order valence-electron chi connectivity index (χ4n) is 1.75. The molecule has 1 atom stereocenters. The summed E-state index contributed by atoms with van der Waals surface area (Å²) in [6.45, 7) is 0.889. The van der Waals surface area contributed by atoms with E-state index < -0.39 is 0 Å². The van der Waals surface area contributed by atoms with Crippen molar-refractivity contribution < 1.29 is 4.79 Å². The predicted octanol–water partition coefficient (Wildman–Crippen LogP) is 1.83. The molecule has 0 aliphatic rings. The first-order valence-electron chi connectivity index (χ1n) is 5.94. The minimum Gasteiger partial charge on any atom is -0.354 e. The molecule has 0 heterocycles. The van der Waals surface area contributed by atoms with Gasteiger partial charge >= 0.3 is 0 Å². The van der Waals surface area contributed by atoms with Crippen LogP contribution in [-0.2, 0) is 4.79 Å². The fraction of sp³-hybridized carbons (Fsp3) is 0.462. The van der Waals surface area contributed by atoms with Gasteiger partial charge in [0.15, 0.2) is 0 Å². The molecular formula is C13H21Cl2N3O. The van der Waals surface area contributed by atoms with Crippen molar-refractivity contribution >= 4 is 29.9 Å². The Kier molecular flexibility index (Phi) is 8.76. The second-order valence-corrected chi connectivity index (χ2v) is 4.75. The molecule has 0 aliphatic carbocycles. The lowest BCUT2D eigenvalue weighted by Gasteiger charge is -2.26. The molecule has 19 heavy (non-hydrogen) atoms. The Hall–Kier alpha value is -0.810. The molecule has 0 fully saturated rings. The maximum Gasteiger partial charge on any atom is 0.221 e. The maximum atomic E-state index is 11.4.